The Morgan fingerprint density at radius 3 is 2.30 bits per heavy atom. The van der Waals surface area contributed by atoms with Gasteiger partial charge in [-0.25, -0.2) is 0 Å². The zero-order valence-electron chi connectivity index (χ0n) is 13.0. The Bertz CT molecular complexity index is 754. The second-order valence-corrected chi connectivity index (χ2v) is 6.12. The number of hydrogen-bond donors (Lipinski definition) is 1. The molecule has 4 nitrogen and oxygen atoms in total. The molecular weight excluding hydrogens is 306 g/mol. The molecule has 3 aromatic rings. The summed E-state index contributed by atoms with van der Waals surface area (Å²) in [6.45, 7) is 3.02. The molecule has 1 aromatic heterocycles. The van der Waals surface area contributed by atoms with Gasteiger partial charge in [0.25, 0.3) is 0 Å². The SMILES string of the molecule is CCn1c(SCc2ccc(CO)cc2)nnc1-c1ccccc1. The van der Waals surface area contributed by atoms with Crippen LogP contribution in [0.25, 0.3) is 11.4 Å². The molecule has 118 valence electrons. The lowest BCUT2D eigenvalue weighted by Crippen LogP contribution is -1.99. The van der Waals surface area contributed by atoms with Gasteiger partial charge < -0.3 is 9.67 Å². The number of aliphatic hydroxyl groups is 1. The quantitative estimate of drug-likeness (QED) is 0.701. The van der Waals surface area contributed by atoms with Gasteiger partial charge >= 0.3 is 0 Å². The Labute approximate surface area is 140 Å². The van der Waals surface area contributed by atoms with Crippen LogP contribution in [0.5, 0.6) is 0 Å². The summed E-state index contributed by atoms with van der Waals surface area (Å²) >= 11 is 1.68. The fourth-order valence-electron chi connectivity index (χ4n) is 2.37. The van der Waals surface area contributed by atoms with Gasteiger partial charge in [-0.3, -0.25) is 0 Å². The molecule has 0 unspecified atom stereocenters. The van der Waals surface area contributed by atoms with Gasteiger partial charge in [0, 0.05) is 17.9 Å². The van der Waals surface area contributed by atoms with E-state index in [0.717, 1.165) is 34.4 Å². The summed E-state index contributed by atoms with van der Waals surface area (Å²) in [6, 6.07) is 18.1. The smallest absolute Gasteiger partial charge is 0.191 e. The van der Waals surface area contributed by atoms with Crippen LogP contribution in [-0.2, 0) is 18.9 Å². The zero-order chi connectivity index (χ0) is 16.1. The predicted molar refractivity (Wildman–Crippen MR) is 93.1 cm³/mol. The number of aliphatic hydroxyl groups excluding tert-OH is 1. The van der Waals surface area contributed by atoms with Crippen LogP contribution in [-0.4, -0.2) is 19.9 Å². The lowest BCUT2D eigenvalue weighted by molar-refractivity contribution is 0.282. The number of aromatic nitrogens is 3. The lowest BCUT2D eigenvalue weighted by atomic mass is 10.2. The second-order valence-electron chi connectivity index (χ2n) is 5.18. The topological polar surface area (TPSA) is 50.9 Å². The monoisotopic (exact) mass is 325 g/mol. The average Bonchev–Trinajstić information content (AvgIpc) is 3.04. The lowest BCUT2D eigenvalue weighted by Gasteiger charge is -2.07. The molecule has 0 aliphatic heterocycles. The maximum Gasteiger partial charge on any atom is 0.191 e. The van der Waals surface area contributed by atoms with Gasteiger partial charge in [0.05, 0.1) is 6.61 Å². The number of rotatable bonds is 6. The highest BCUT2D eigenvalue weighted by Gasteiger charge is 2.12. The minimum atomic E-state index is 0.0814. The molecule has 0 saturated heterocycles. The van der Waals surface area contributed by atoms with Crippen LogP contribution in [0, 0.1) is 0 Å². The molecule has 0 atom stereocenters. The fourth-order valence-corrected chi connectivity index (χ4v) is 3.33. The Morgan fingerprint density at radius 1 is 0.957 bits per heavy atom. The molecule has 23 heavy (non-hydrogen) atoms. The van der Waals surface area contributed by atoms with Gasteiger partial charge in [-0.05, 0) is 18.1 Å². The van der Waals surface area contributed by atoms with Crippen LogP contribution in [0.3, 0.4) is 0 Å². The standard InChI is InChI=1S/C18H19N3OS/c1-2-21-17(16-6-4-3-5-7-16)19-20-18(21)23-13-15-10-8-14(12-22)9-11-15/h3-11,22H,2,12-13H2,1H3. The summed E-state index contributed by atoms with van der Waals surface area (Å²) in [7, 11) is 0. The van der Waals surface area contributed by atoms with Gasteiger partial charge in [-0.15, -0.1) is 10.2 Å². The third kappa shape index (κ3) is 3.63. The number of benzene rings is 2. The van der Waals surface area contributed by atoms with E-state index in [0.29, 0.717) is 0 Å². The Hall–Kier alpha value is -2.11. The van der Waals surface area contributed by atoms with Crippen LogP contribution in [0.2, 0.25) is 0 Å². The van der Waals surface area contributed by atoms with Crippen molar-refractivity contribution in [2.24, 2.45) is 0 Å². The van der Waals surface area contributed by atoms with Crippen molar-refractivity contribution in [3.63, 3.8) is 0 Å². The predicted octanol–water partition coefficient (Wildman–Crippen LogP) is 3.75. The molecule has 2 aromatic carbocycles. The summed E-state index contributed by atoms with van der Waals surface area (Å²) in [5.41, 5.74) is 3.22. The molecule has 0 bridgehead atoms. The largest absolute Gasteiger partial charge is 0.392 e. The normalized spacial score (nSPS) is 10.9. The third-order valence-corrected chi connectivity index (χ3v) is 4.68. The van der Waals surface area contributed by atoms with E-state index in [1.54, 1.807) is 11.8 Å². The van der Waals surface area contributed by atoms with Crippen LogP contribution < -0.4 is 0 Å². The number of nitrogens with zero attached hydrogens (tertiary/aromatic N) is 3. The van der Waals surface area contributed by atoms with Crippen molar-refractivity contribution in [3.8, 4) is 11.4 Å². The van der Waals surface area contributed by atoms with Crippen molar-refractivity contribution in [1.29, 1.82) is 0 Å². The molecule has 1 heterocycles. The van der Waals surface area contributed by atoms with Crippen LogP contribution in [0.1, 0.15) is 18.1 Å². The van der Waals surface area contributed by atoms with Crippen molar-refractivity contribution in [1.82, 2.24) is 14.8 Å². The van der Waals surface area contributed by atoms with Gasteiger partial charge in [-0.2, -0.15) is 0 Å². The second kappa shape index (κ2) is 7.44. The third-order valence-electron chi connectivity index (χ3n) is 3.64. The molecular formula is C18H19N3OS. The molecule has 0 aliphatic rings. The van der Waals surface area contributed by atoms with Gasteiger partial charge in [0.15, 0.2) is 11.0 Å². The maximum atomic E-state index is 9.09. The molecule has 3 rings (SSSR count). The molecule has 5 heteroatoms. The first-order valence-electron chi connectivity index (χ1n) is 7.62. The summed E-state index contributed by atoms with van der Waals surface area (Å²) in [6.07, 6.45) is 0. The van der Waals surface area contributed by atoms with Crippen molar-refractivity contribution in [2.45, 2.75) is 31.0 Å². The average molecular weight is 325 g/mol. The Morgan fingerprint density at radius 2 is 1.65 bits per heavy atom. The highest BCUT2D eigenvalue weighted by Crippen LogP contribution is 2.26. The van der Waals surface area contributed by atoms with Crippen LogP contribution >= 0.6 is 11.8 Å². The van der Waals surface area contributed by atoms with E-state index in [2.05, 4.69) is 33.8 Å². The first kappa shape index (κ1) is 15.8. The van der Waals surface area contributed by atoms with Crippen molar-refractivity contribution >= 4 is 11.8 Å². The minimum absolute atomic E-state index is 0.0814. The van der Waals surface area contributed by atoms with E-state index in [9.17, 15) is 0 Å². The molecule has 0 amide bonds. The van der Waals surface area contributed by atoms with Gasteiger partial charge in [0.1, 0.15) is 0 Å². The first-order chi connectivity index (χ1) is 11.3. The summed E-state index contributed by atoms with van der Waals surface area (Å²) < 4.78 is 2.14. The molecule has 0 fully saturated rings. The minimum Gasteiger partial charge on any atom is -0.392 e. The van der Waals surface area contributed by atoms with E-state index in [4.69, 9.17) is 5.11 Å². The summed E-state index contributed by atoms with van der Waals surface area (Å²) in [4.78, 5) is 0. The summed E-state index contributed by atoms with van der Waals surface area (Å²) in [5, 5.41) is 18.7. The molecule has 0 saturated carbocycles. The Balaban J connectivity index is 1.76. The fraction of sp³-hybridized carbons (Fsp3) is 0.222. The number of hydrogen-bond acceptors (Lipinski definition) is 4. The molecule has 0 aliphatic carbocycles. The highest BCUT2D eigenvalue weighted by molar-refractivity contribution is 7.98. The zero-order valence-corrected chi connectivity index (χ0v) is 13.8. The van der Waals surface area contributed by atoms with E-state index < -0.39 is 0 Å². The first-order valence-corrected chi connectivity index (χ1v) is 8.60. The molecule has 1 N–H and O–H groups in total. The maximum absolute atomic E-state index is 9.09. The van der Waals surface area contributed by atoms with Crippen LogP contribution in [0.4, 0.5) is 0 Å². The molecule has 0 radical (unpaired) electrons. The van der Waals surface area contributed by atoms with E-state index >= 15 is 0 Å². The van der Waals surface area contributed by atoms with Crippen molar-refractivity contribution in [2.75, 3.05) is 0 Å². The van der Waals surface area contributed by atoms with Crippen molar-refractivity contribution < 1.29 is 5.11 Å². The van der Waals surface area contributed by atoms with Crippen molar-refractivity contribution in [3.05, 3.63) is 65.7 Å². The van der Waals surface area contributed by atoms with E-state index in [1.165, 1.54) is 5.56 Å². The van der Waals surface area contributed by atoms with Crippen LogP contribution in [0.15, 0.2) is 59.8 Å². The Kier molecular flexibility index (Phi) is 5.10. The molecule has 0 spiro atoms. The highest BCUT2D eigenvalue weighted by atomic mass is 32.2. The van der Waals surface area contributed by atoms with E-state index in [-0.39, 0.29) is 6.61 Å². The van der Waals surface area contributed by atoms with Gasteiger partial charge in [-0.1, -0.05) is 66.4 Å². The van der Waals surface area contributed by atoms with Gasteiger partial charge in [0.2, 0.25) is 0 Å². The summed E-state index contributed by atoms with van der Waals surface area (Å²) in [5.74, 6) is 1.74. The van der Waals surface area contributed by atoms with E-state index in [1.807, 2.05) is 42.5 Å². The number of thioether (sulfide) groups is 1.